The summed E-state index contributed by atoms with van der Waals surface area (Å²) in [5.74, 6) is 3.26. The second-order valence-corrected chi connectivity index (χ2v) is 7.82. The highest BCUT2D eigenvalue weighted by Crippen LogP contribution is 2.44. The molecule has 0 nitrogen and oxygen atoms in total. The fourth-order valence-electron chi connectivity index (χ4n) is 4.87. The van der Waals surface area contributed by atoms with Crippen LogP contribution in [0, 0.1) is 30.5 Å². The molecule has 0 saturated heterocycles. The van der Waals surface area contributed by atoms with Crippen molar-refractivity contribution in [1.29, 1.82) is 0 Å². The van der Waals surface area contributed by atoms with E-state index in [0.717, 1.165) is 23.3 Å². The van der Waals surface area contributed by atoms with Crippen molar-refractivity contribution >= 4 is 0 Å². The van der Waals surface area contributed by atoms with E-state index in [0.29, 0.717) is 5.92 Å². The smallest absolute Gasteiger partial charge is 0.126 e. The standard InChI is InChI=1S/C22H31F/c1-3-4-17-6-9-18(10-7-17)19-11-13-20(14-12-19)21-8-5-16(2)22(23)15-21/h3-5,8,15,17-20H,6-7,9-14H2,1-2H3/b4-3+. The average molecular weight is 314 g/mol. The number of aryl methyl sites for hydroxylation is 1. The topological polar surface area (TPSA) is 0 Å². The zero-order valence-corrected chi connectivity index (χ0v) is 14.7. The molecule has 1 aromatic carbocycles. The molecule has 3 rings (SSSR count). The predicted molar refractivity (Wildman–Crippen MR) is 96.1 cm³/mol. The fraction of sp³-hybridized carbons (Fsp3) is 0.636. The third-order valence-corrected chi connectivity index (χ3v) is 6.39. The number of hydrogen-bond donors (Lipinski definition) is 0. The summed E-state index contributed by atoms with van der Waals surface area (Å²) in [7, 11) is 0. The minimum atomic E-state index is -0.0353. The van der Waals surface area contributed by atoms with Crippen LogP contribution in [0.15, 0.2) is 30.4 Å². The van der Waals surface area contributed by atoms with E-state index in [1.54, 1.807) is 6.07 Å². The Morgan fingerprint density at radius 2 is 1.52 bits per heavy atom. The molecule has 0 N–H and O–H groups in total. The molecule has 126 valence electrons. The predicted octanol–water partition coefficient (Wildman–Crippen LogP) is 6.79. The molecule has 0 atom stereocenters. The lowest BCUT2D eigenvalue weighted by atomic mass is 9.68. The molecule has 0 heterocycles. The molecule has 2 aliphatic rings. The highest BCUT2D eigenvalue weighted by atomic mass is 19.1. The fourth-order valence-corrected chi connectivity index (χ4v) is 4.87. The molecular formula is C22H31F. The van der Waals surface area contributed by atoms with Gasteiger partial charge in [-0.3, -0.25) is 0 Å². The van der Waals surface area contributed by atoms with Crippen LogP contribution in [0.4, 0.5) is 4.39 Å². The van der Waals surface area contributed by atoms with Crippen LogP contribution >= 0.6 is 0 Å². The van der Waals surface area contributed by atoms with Crippen LogP contribution in [0.3, 0.4) is 0 Å². The van der Waals surface area contributed by atoms with E-state index in [1.165, 1.54) is 56.9 Å². The average Bonchev–Trinajstić information content (AvgIpc) is 2.59. The molecule has 2 aliphatic carbocycles. The van der Waals surface area contributed by atoms with Crippen molar-refractivity contribution in [2.45, 2.75) is 71.1 Å². The Balaban J connectivity index is 1.51. The molecule has 0 aliphatic heterocycles. The van der Waals surface area contributed by atoms with Gasteiger partial charge in [0, 0.05) is 0 Å². The van der Waals surface area contributed by atoms with Gasteiger partial charge in [-0.2, -0.15) is 0 Å². The quantitative estimate of drug-likeness (QED) is 0.539. The number of allylic oxidation sites excluding steroid dienone is 2. The summed E-state index contributed by atoms with van der Waals surface area (Å²) in [6, 6.07) is 5.87. The molecule has 0 radical (unpaired) electrons. The van der Waals surface area contributed by atoms with E-state index in [4.69, 9.17) is 0 Å². The van der Waals surface area contributed by atoms with Gasteiger partial charge < -0.3 is 0 Å². The van der Waals surface area contributed by atoms with E-state index in [2.05, 4.69) is 25.1 Å². The van der Waals surface area contributed by atoms with Crippen LogP contribution in [0.1, 0.15) is 75.3 Å². The van der Waals surface area contributed by atoms with Gasteiger partial charge in [0.1, 0.15) is 5.82 Å². The Kier molecular flexibility index (Phi) is 5.56. The van der Waals surface area contributed by atoms with Crippen molar-refractivity contribution in [3.8, 4) is 0 Å². The van der Waals surface area contributed by atoms with Gasteiger partial charge in [-0.05, 0) is 106 Å². The minimum Gasteiger partial charge on any atom is -0.207 e. The molecule has 2 saturated carbocycles. The van der Waals surface area contributed by atoms with Crippen molar-refractivity contribution in [2.75, 3.05) is 0 Å². The van der Waals surface area contributed by atoms with Gasteiger partial charge in [-0.1, -0.05) is 24.3 Å². The van der Waals surface area contributed by atoms with E-state index in [1.807, 2.05) is 13.0 Å². The van der Waals surface area contributed by atoms with Gasteiger partial charge in [-0.15, -0.1) is 0 Å². The van der Waals surface area contributed by atoms with Crippen LogP contribution in [-0.2, 0) is 0 Å². The summed E-state index contributed by atoms with van der Waals surface area (Å²) >= 11 is 0. The maximum absolute atomic E-state index is 13.8. The molecule has 1 aromatic rings. The molecule has 0 unspecified atom stereocenters. The Bertz CT molecular complexity index is 529. The zero-order chi connectivity index (χ0) is 16.2. The lowest BCUT2D eigenvalue weighted by molar-refractivity contribution is 0.171. The second-order valence-electron chi connectivity index (χ2n) is 7.82. The summed E-state index contributed by atoms with van der Waals surface area (Å²) in [5.41, 5.74) is 1.99. The van der Waals surface area contributed by atoms with Crippen molar-refractivity contribution < 1.29 is 4.39 Å². The summed E-state index contributed by atoms with van der Waals surface area (Å²) in [6.45, 7) is 3.99. The van der Waals surface area contributed by atoms with Gasteiger partial charge in [0.05, 0.1) is 0 Å². The largest absolute Gasteiger partial charge is 0.207 e. The number of benzene rings is 1. The normalized spacial score (nSPS) is 32.3. The van der Waals surface area contributed by atoms with Crippen molar-refractivity contribution in [3.05, 3.63) is 47.3 Å². The Morgan fingerprint density at radius 3 is 2.09 bits per heavy atom. The van der Waals surface area contributed by atoms with Gasteiger partial charge in [0.15, 0.2) is 0 Å². The monoisotopic (exact) mass is 314 g/mol. The van der Waals surface area contributed by atoms with Gasteiger partial charge in [-0.25, -0.2) is 4.39 Å². The van der Waals surface area contributed by atoms with Crippen LogP contribution < -0.4 is 0 Å². The third kappa shape index (κ3) is 4.05. The molecule has 23 heavy (non-hydrogen) atoms. The number of rotatable bonds is 3. The van der Waals surface area contributed by atoms with Crippen LogP contribution in [-0.4, -0.2) is 0 Å². The van der Waals surface area contributed by atoms with E-state index >= 15 is 0 Å². The molecule has 2 fully saturated rings. The Morgan fingerprint density at radius 1 is 0.913 bits per heavy atom. The van der Waals surface area contributed by atoms with E-state index in [9.17, 15) is 4.39 Å². The minimum absolute atomic E-state index is 0.0353. The highest BCUT2D eigenvalue weighted by Gasteiger charge is 2.30. The molecular weight excluding hydrogens is 283 g/mol. The third-order valence-electron chi connectivity index (χ3n) is 6.39. The second kappa shape index (κ2) is 7.64. The number of hydrogen-bond acceptors (Lipinski definition) is 0. The van der Waals surface area contributed by atoms with E-state index in [-0.39, 0.29) is 5.82 Å². The van der Waals surface area contributed by atoms with Gasteiger partial charge >= 0.3 is 0 Å². The summed E-state index contributed by atoms with van der Waals surface area (Å²) < 4.78 is 13.8. The van der Waals surface area contributed by atoms with Gasteiger partial charge in [0.2, 0.25) is 0 Å². The van der Waals surface area contributed by atoms with Gasteiger partial charge in [0.25, 0.3) is 0 Å². The summed E-state index contributed by atoms with van der Waals surface area (Å²) in [6.07, 6.45) is 15.4. The lowest BCUT2D eigenvalue weighted by Crippen LogP contribution is -2.25. The zero-order valence-electron chi connectivity index (χ0n) is 14.7. The number of halogens is 1. The first-order chi connectivity index (χ1) is 11.2. The van der Waals surface area contributed by atoms with Crippen molar-refractivity contribution in [3.63, 3.8) is 0 Å². The molecule has 0 spiro atoms. The van der Waals surface area contributed by atoms with Crippen LogP contribution in [0.25, 0.3) is 0 Å². The maximum atomic E-state index is 13.8. The summed E-state index contributed by atoms with van der Waals surface area (Å²) in [5, 5.41) is 0. The van der Waals surface area contributed by atoms with Crippen LogP contribution in [0.5, 0.6) is 0 Å². The first-order valence-corrected chi connectivity index (χ1v) is 9.56. The Hall–Kier alpha value is -1.11. The Labute approximate surface area is 141 Å². The maximum Gasteiger partial charge on any atom is 0.126 e. The first-order valence-electron chi connectivity index (χ1n) is 9.56. The SMILES string of the molecule is C/C=C/C1CCC(C2CCC(c3ccc(C)c(F)c3)CC2)CC1. The summed E-state index contributed by atoms with van der Waals surface area (Å²) in [4.78, 5) is 0. The molecule has 0 aromatic heterocycles. The van der Waals surface area contributed by atoms with E-state index < -0.39 is 0 Å². The molecule has 0 amide bonds. The van der Waals surface area contributed by atoms with Crippen LogP contribution in [0.2, 0.25) is 0 Å². The lowest BCUT2D eigenvalue weighted by Gasteiger charge is -2.37. The van der Waals surface area contributed by atoms with Crippen molar-refractivity contribution in [2.24, 2.45) is 17.8 Å². The van der Waals surface area contributed by atoms with Crippen molar-refractivity contribution in [1.82, 2.24) is 0 Å². The first kappa shape index (κ1) is 16.7. The molecule has 1 heteroatoms. The highest BCUT2D eigenvalue weighted by molar-refractivity contribution is 5.26. The molecule has 0 bridgehead atoms.